The Labute approximate surface area is 261 Å². The van der Waals surface area contributed by atoms with Crippen LogP contribution in [0.15, 0.2) is 52.3 Å². The molecule has 0 unspecified atom stereocenters. The van der Waals surface area contributed by atoms with Crippen LogP contribution in [-0.2, 0) is 23.9 Å². The van der Waals surface area contributed by atoms with E-state index in [9.17, 15) is 39.0 Å². The normalized spacial score (nSPS) is 11.3. The number of H-pyrrole nitrogens is 1. The number of guanidine groups is 1. The first kappa shape index (κ1) is 34.4. The number of carboxylic acid groups (broad SMARTS) is 1. The van der Waals surface area contributed by atoms with E-state index in [1.165, 1.54) is 24.3 Å². The number of amides is 2. The molecule has 1 aromatic heterocycles. The predicted octanol–water partition coefficient (Wildman–Crippen LogP) is 0.414. The first-order valence-corrected chi connectivity index (χ1v) is 13.6. The van der Waals surface area contributed by atoms with Crippen molar-refractivity contribution in [2.75, 3.05) is 18.7 Å². The highest BCUT2D eigenvalue weighted by molar-refractivity contribution is 5.99. The maximum atomic E-state index is 13.7. The maximum absolute atomic E-state index is 13.7. The lowest BCUT2D eigenvalue weighted by Crippen LogP contribution is -2.57. The molecule has 0 aliphatic heterocycles. The number of aromatic hydroxyl groups is 1. The van der Waals surface area contributed by atoms with Crippen molar-refractivity contribution in [1.82, 2.24) is 15.0 Å². The van der Waals surface area contributed by atoms with Gasteiger partial charge in [-0.25, -0.2) is 24.4 Å². The number of methoxy groups -OCH3 is 1. The number of hydrogen-bond acceptors (Lipinski definition) is 10. The molecule has 3 aromatic rings. The quantitative estimate of drug-likeness (QED) is 0.0681. The summed E-state index contributed by atoms with van der Waals surface area (Å²) in [5.41, 5.74) is 10.1. The number of aliphatic carboxylic acids is 1. The summed E-state index contributed by atoms with van der Waals surface area (Å²) in [7, 11) is 1.15. The molecule has 17 nitrogen and oxygen atoms in total. The van der Waals surface area contributed by atoms with Gasteiger partial charge in [-0.05, 0) is 35.7 Å². The molecule has 0 spiro atoms. The summed E-state index contributed by atoms with van der Waals surface area (Å²) >= 11 is 0. The zero-order valence-electron chi connectivity index (χ0n) is 25.3. The summed E-state index contributed by atoms with van der Waals surface area (Å²) in [6.45, 7) is 3.73. The highest BCUT2D eigenvalue weighted by Gasteiger charge is 2.34. The lowest BCUT2D eigenvalue weighted by molar-refractivity contribution is -0.140. The number of nitrogens with one attached hydrogen (secondary N) is 2. The van der Waals surface area contributed by atoms with E-state index in [0.717, 1.165) is 14.0 Å². The molecule has 0 bridgehead atoms. The van der Waals surface area contributed by atoms with Gasteiger partial charge in [0.1, 0.15) is 24.0 Å². The van der Waals surface area contributed by atoms with Gasteiger partial charge in [-0.15, -0.1) is 0 Å². The Morgan fingerprint density at radius 2 is 1.78 bits per heavy atom. The number of aromatic nitrogens is 2. The SMILES string of the molecule is COC(=O)c1ccc(-c2[nH]c(=O)n(N(CC(=O)Oc3ccccc3C(C)C)C(=O)[C@H](CC(=O)O)NC(C)=O)c2O)c(N=C(N)N)c1. The van der Waals surface area contributed by atoms with Gasteiger partial charge in [0, 0.05) is 12.5 Å². The molecular formula is C29H33N7O10. The molecule has 0 aliphatic carbocycles. The zero-order valence-corrected chi connectivity index (χ0v) is 25.3. The molecule has 0 saturated heterocycles. The number of aromatic amines is 1. The number of rotatable bonds is 12. The molecule has 17 heteroatoms. The molecular weight excluding hydrogens is 606 g/mol. The Morgan fingerprint density at radius 1 is 1.11 bits per heavy atom. The summed E-state index contributed by atoms with van der Waals surface area (Å²) in [6, 6.07) is 8.60. The number of nitrogens with zero attached hydrogens (tertiary/aromatic N) is 3. The summed E-state index contributed by atoms with van der Waals surface area (Å²) in [5.74, 6) is -6.63. The minimum Gasteiger partial charge on any atom is -0.492 e. The number of carboxylic acids is 1. The lowest BCUT2D eigenvalue weighted by Gasteiger charge is -2.26. The van der Waals surface area contributed by atoms with Crippen molar-refractivity contribution in [1.29, 1.82) is 0 Å². The van der Waals surface area contributed by atoms with E-state index >= 15 is 0 Å². The predicted molar refractivity (Wildman–Crippen MR) is 163 cm³/mol. The number of para-hydroxylation sites is 1. The van der Waals surface area contributed by atoms with E-state index in [2.05, 4.69) is 15.3 Å². The van der Waals surface area contributed by atoms with Crippen LogP contribution in [0.25, 0.3) is 11.3 Å². The van der Waals surface area contributed by atoms with Gasteiger partial charge >= 0.3 is 23.6 Å². The van der Waals surface area contributed by atoms with Crippen LogP contribution in [0, 0.1) is 0 Å². The molecule has 46 heavy (non-hydrogen) atoms. The van der Waals surface area contributed by atoms with Crippen LogP contribution < -0.4 is 32.2 Å². The van der Waals surface area contributed by atoms with Gasteiger partial charge in [0.25, 0.3) is 5.91 Å². The number of aliphatic imine (C=N–C) groups is 1. The topological polar surface area (TPSA) is 262 Å². The zero-order chi connectivity index (χ0) is 34.3. The third-order valence-corrected chi connectivity index (χ3v) is 6.38. The third kappa shape index (κ3) is 8.07. The number of hydrogen-bond donors (Lipinski definition) is 6. The fraction of sp³-hybridized carbons (Fsp3) is 0.276. The monoisotopic (exact) mass is 639 g/mol. The van der Waals surface area contributed by atoms with Crippen molar-refractivity contribution in [3.8, 4) is 22.9 Å². The van der Waals surface area contributed by atoms with Crippen LogP contribution in [0.3, 0.4) is 0 Å². The molecule has 2 aromatic carbocycles. The fourth-order valence-corrected chi connectivity index (χ4v) is 4.42. The summed E-state index contributed by atoms with van der Waals surface area (Å²) in [6.07, 6.45) is -0.934. The molecule has 8 N–H and O–H groups in total. The number of carbonyl (C=O) groups excluding carboxylic acids is 4. The first-order valence-electron chi connectivity index (χ1n) is 13.6. The fourth-order valence-electron chi connectivity index (χ4n) is 4.42. The van der Waals surface area contributed by atoms with Crippen molar-refractivity contribution in [3.05, 3.63) is 64.1 Å². The second-order valence-electron chi connectivity index (χ2n) is 10.1. The van der Waals surface area contributed by atoms with Crippen molar-refractivity contribution < 1.29 is 43.7 Å². The highest BCUT2D eigenvalue weighted by atomic mass is 16.5. The number of nitrogens with two attached hydrogens (primary N) is 2. The van der Waals surface area contributed by atoms with Crippen LogP contribution in [0.2, 0.25) is 0 Å². The van der Waals surface area contributed by atoms with E-state index < -0.39 is 66.3 Å². The van der Waals surface area contributed by atoms with Gasteiger partial charge in [-0.3, -0.25) is 14.4 Å². The Hall–Kier alpha value is -6.13. The molecule has 1 atom stereocenters. The Kier molecular flexibility index (Phi) is 10.9. The van der Waals surface area contributed by atoms with Gasteiger partial charge in [0.05, 0.1) is 24.8 Å². The van der Waals surface area contributed by atoms with E-state index in [4.69, 9.17) is 20.9 Å². The van der Waals surface area contributed by atoms with Gasteiger partial charge in [-0.2, -0.15) is 4.68 Å². The molecule has 0 aliphatic rings. The lowest BCUT2D eigenvalue weighted by atomic mass is 10.0. The molecule has 0 fully saturated rings. The molecule has 2 amide bonds. The number of imidazole rings is 1. The average molecular weight is 640 g/mol. The largest absolute Gasteiger partial charge is 0.492 e. The van der Waals surface area contributed by atoms with Gasteiger partial charge < -0.3 is 41.5 Å². The standard InChI is InChI=1S/C29H33N7O10/c1-14(2)17-7-5-6-8-21(17)46-23(40)13-35(25(41)20(12-22(38)39)32-15(3)37)36-26(42)24(34-29(36)44)18-10-9-16(27(43)45-4)11-19(18)33-28(30)31/h5-11,14,20,42H,12-13H2,1-4H3,(H,32,37)(H,34,44)(H,38,39)(H4,30,31,33)/t20-/m0/s1. The van der Waals surface area contributed by atoms with Crippen molar-refractivity contribution in [2.24, 2.45) is 16.5 Å². The Bertz CT molecular complexity index is 1740. The van der Waals surface area contributed by atoms with Crippen LogP contribution in [-0.4, -0.2) is 75.3 Å². The minimum atomic E-state index is -1.77. The van der Waals surface area contributed by atoms with Crippen molar-refractivity contribution in [2.45, 2.75) is 39.2 Å². The van der Waals surface area contributed by atoms with Crippen LogP contribution in [0.5, 0.6) is 11.6 Å². The average Bonchev–Trinajstić information content (AvgIpc) is 3.26. The van der Waals surface area contributed by atoms with Gasteiger partial charge in [0.15, 0.2) is 5.96 Å². The van der Waals surface area contributed by atoms with E-state index in [-0.39, 0.29) is 34.2 Å². The summed E-state index contributed by atoms with van der Waals surface area (Å²) in [4.78, 5) is 82.1. The molecule has 244 valence electrons. The minimum absolute atomic E-state index is 0.0144. The summed E-state index contributed by atoms with van der Waals surface area (Å²) in [5, 5.41) is 23.3. The summed E-state index contributed by atoms with van der Waals surface area (Å²) < 4.78 is 10.6. The Morgan fingerprint density at radius 3 is 2.37 bits per heavy atom. The number of ether oxygens (including phenoxy) is 2. The second kappa shape index (κ2) is 14.6. The number of esters is 2. The van der Waals surface area contributed by atoms with Gasteiger partial charge in [0.2, 0.25) is 11.8 Å². The third-order valence-electron chi connectivity index (χ3n) is 6.38. The van der Waals surface area contributed by atoms with Crippen molar-refractivity contribution >= 4 is 41.4 Å². The molecule has 3 rings (SSSR count). The van der Waals surface area contributed by atoms with Gasteiger partial charge in [-0.1, -0.05) is 32.0 Å². The first-order chi connectivity index (χ1) is 21.6. The van der Waals surface area contributed by atoms with Crippen LogP contribution >= 0.6 is 0 Å². The molecule has 1 heterocycles. The molecule has 0 saturated carbocycles. The van der Waals surface area contributed by atoms with E-state index in [0.29, 0.717) is 15.2 Å². The van der Waals surface area contributed by atoms with E-state index in [1.807, 2.05) is 13.8 Å². The number of benzene rings is 2. The molecule has 0 radical (unpaired) electrons. The van der Waals surface area contributed by atoms with Crippen molar-refractivity contribution in [3.63, 3.8) is 0 Å². The van der Waals surface area contributed by atoms with E-state index in [1.54, 1.807) is 18.2 Å². The van der Waals surface area contributed by atoms with Crippen LogP contribution in [0.4, 0.5) is 5.69 Å². The maximum Gasteiger partial charge on any atom is 0.348 e. The highest BCUT2D eigenvalue weighted by Crippen LogP contribution is 2.35. The second-order valence-corrected chi connectivity index (χ2v) is 10.1. The smallest absolute Gasteiger partial charge is 0.348 e. The Balaban J connectivity index is 2.19. The van der Waals surface area contributed by atoms with Crippen LogP contribution in [0.1, 0.15) is 49.0 Å². The number of carbonyl (C=O) groups is 5.